The maximum Gasteiger partial charge on any atom is 0.263 e. The second kappa shape index (κ2) is 7.13. The summed E-state index contributed by atoms with van der Waals surface area (Å²) in [5, 5.41) is 0. The van der Waals surface area contributed by atoms with Crippen molar-refractivity contribution < 1.29 is 18.0 Å². The zero-order valence-electron chi connectivity index (χ0n) is 11.6. The number of carbonyl (C=O) groups excluding carboxylic acids is 2. The predicted octanol–water partition coefficient (Wildman–Crippen LogP) is 3.14. The van der Waals surface area contributed by atoms with E-state index in [4.69, 9.17) is 10.7 Å². The van der Waals surface area contributed by atoms with Gasteiger partial charge in [0.2, 0.25) is 12.2 Å². The number of halogens is 1. The molecule has 0 aliphatic heterocycles. The predicted molar refractivity (Wildman–Crippen MR) is 84.3 cm³/mol. The Kier molecular flexibility index (Phi) is 5.21. The van der Waals surface area contributed by atoms with Crippen LogP contribution in [0.3, 0.4) is 0 Å². The van der Waals surface area contributed by atoms with E-state index < -0.39 is 9.05 Å². The highest BCUT2D eigenvalue weighted by molar-refractivity contribution is 8.13. The molecule has 2 aromatic carbocycles. The largest absolute Gasteiger partial charge is 0.263 e. The van der Waals surface area contributed by atoms with Gasteiger partial charge in [-0.1, -0.05) is 18.2 Å². The highest BCUT2D eigenvalue weighted by Gasteiger charge is 2.16. The van der Waals surface area contributed by atoms with Crippen LogP contribution < -0.4 is 0 Å². The molecule has 0 unspecified atom stereocenters. The minimum atomic E-state index is -4.04. The van der Waals surface area contributed by atoms with E-state index in [-0.39, 0.29) is 10.6 Å². The molecule has 0 fully saturated rings. The van der Waals surface area contributed by atoms with Crippen molar-refractivity contribution >= 4 is 43.3 Å². The first-order valence-electron chi connectivity index (χ1n) is 6.26. The average Bonchev–Trinajstić information content (AvgIpc) is 2.50. The maximum atomic E-state index is 11.6. The molecule has 0 amide bonds. The Hall–Kier alpha value is -2.56. The third-order valence-corrected chi connectivity index (χ3v) is 4.32. The fourth-order valence-electron chi connectivity index (χ4n) is 1.98. The van der Waals surface area contributed by atoms with Crippen LogP contribution >= 0.6 is 10.7 Å². The zero-order chi connectivity index (χ0) is 16.9. The third-order valence-electron chi connectivity index (χ3n) is 2.97. The molecule has 2 rings (SSSR count). The van der Waals surface area contributed by atoms with Crippen LogP contribution in [-0.2, 0) is 25.1 Å². The van der Waals surface area contributed by atoms with Crippen LogP contribution in [0.2, 0.25) is 0 Å². The first kappa shape index (κ1) is 16.8. The molecule has 0 N–H and O–H groups in total. The van der Waals surface area contributed by atoms with Crippen LogP contribution in [0.4, 0.5) is 11.4 Å². The second-order valence-electron chi connectivity index (χ2n) is 4.49. The fourth-order valence-corrected chi connectivity index (χ4v) is 3.01. The molecule has 6 nitrogen and oxygen atoms in total. The van der Waals surface area contributed by atoms with Gasteiger partial charge in [0.1, 0.15) is 4.90 Å². The summed E-state index contributed by atoms with van der Waals surface area (Å²) in [6.45, 7) is 0. The summed E-state index contributed by atoms with van der Waals surface area (Å²) < 4.78 is 23.2. The third kappa shape index (κ3) is 4.45. The molecule has 0 saturated carbocycles. The Bertz CT molecular complexity index is 926. The van der Waals surface area contributed by atoms with Crippen LogP contribution in [0.1, 0.15) is 11.1 Å². The van der Waals surface area contributed by atoms with Gasteiger partial charge < -0.3 is 0 Å². The summed E-state index contributed by atoms with van der Waals surface area (Å²) in [6, 6.07) is 11.2. The van der Waals surface area contributed by atoms with Crippen molar-refractivity contribution in [2.45, 2.75) is 11.3 Å². The van der Waals surface area contributed by atoms with Crippen LogP contribution in [0.25, 0.3) is 0 Å². The minimum absolute atomic E-state index is 0.0607. The van der Waals surface area contributed by atoms with E-state index in [2.05, 4.69) is 9.98 Å². The molecule has 0 aliphatic rings. The molecular formula is C15H9ClN2O4S. The van der Waals surface area contributed by atoms with Crippen molar-refractivity contribution in [3.05, 3.63) is 53.6 Å². The second-order valence-corrected chi connectivity index (χ2v) is 7.02. The SMILES string of the molecule is O=C=Nc1ccc(Cc2ccc(N=C=O)c(S(=O)(=O)Cl)c2)cc1. The topological polar surface area (TPSA) is 93.0 Å². The molecule has 0 saturated heterocycles. The molecule has 116 valence electrons. The standard InChI is InChI=1S/C15H9ClN2O4S/c16-23(21,22)15-8-12(3-6-14(15)18-10-20)7-11-1-4-13(5-2-11)17-9-19/h1-6,8H,7H2. The van der Waals surface area contributed by atoms with E-state index in [9.17, 15) is 18.0 Å². The zero-order valence-corrected chi connectivity index (χ0v) is 13.1. The van der Waals surface area contributed by atoms with Gasteiger partial charge in [0.05, 0.1) is 11.4 Å². The van der Waals surface area contributed by atoms with Crippen LogP contribution in [0.15, 0.2) is 57.3 Å². The highest BCUT2D eigenvalue weighted by Crippen LogP contribution is 2.29. The average molecular weight is 349 g/mol. The first-order valence-corrected chi connectivity index (χ1v) is 8.57. The molecule has 0 heterocycles. The van der Waals surface area contributed by atoms with Gasteiger partial charge in [0.15, 0.2) is 0 Å². The lowest BCUT2D eigenvalue weighted by atomic mass is 10.0. The fraction of sp³-hybridized carbons (Fsp3) is 0.0667. The molecule has 0 radical (unpaired) electrons. The highest BCUT2D eigenvalue weighted by atomic mass is 35.7. The van der Waals surface area contributed by atoms with Crippen molar-refractivity contribution in [1.29, 1.82) is 0 Å². The van der Waals surface area contributed by atoms with Gasteiger partial charge in [-0.2, -0.15) is 9.98 Å². The van der Waals surface area contributed by atoms with E-state index in [1.807, 2.05) is 0 Å². The molecule has 0 spiro atoms. The van der Waals surface area contributed by atoms with Gasteiger partial charge >= 0.3 is 0 Å². The van der Waals surface area contributed by atoms with Gasteiger partial charge in [-0.3, -0.25) is 0 Å². The number of hydrogen-bond donors (Lipinski definition) is 0. The van der Waals surface area contributed by atoms with E-state index in [0.717, 1.165) is 5.56 Å². The molecule has 0 atom stereocenters. The van der Waals surface area contributed by atoms with Crippen LogP contribution in [0, 0.1) is 0 Å². The summed E-state index contributed by atoms with van der Waals surface area (Å²) in [7, 11) is 1.32. The van der Waals surface area contributed by atoms with E-state index in [1.165, 1.54) is 24.3 Å². The summed E-state index contributed by atoms with van der Waals surface area (Å²) in [6.07, 6.45) is 3.17. The Balaban J connectivity index is 2.37. The van der Waals surface area contributed by atoms with Gasteiger partial charge in [0, 0.05) is 10.7 Å². The lowest BCUT2D eigenvalue weighted by molar-refractivity contribution is 0.564. The molecule has 8 heteroatoms. The molecule has 0 bridgehead atoms. The molecule has 0 aliphatic carbocycles. The van der Waals surface area contributed by atoms with Crippen molar-refractivity contribution in [3.8, 4) is 0 Å². The minimum Gasteiger partial charge on any atom is -0.211 e. The lowest BCUT2D eigenvalue weighted by Gasteiger charge is -2.06. The smallest absolute Gasteiger partial charge is 0.211 e. The summed E-state index contributed by atoms with van der Waals surface area (Å²) in [5.74, 6) is 0. The van der Waals surface area contributed by atoms with Crippen molar-refractivity contribution in [3.63, 3.8) is 0 Å². The van der Waals surface area contributed by atoms with Crippen molar-refractivity contribution in [1.82, 2.24) is 0 Å². The normalized spacial score (nSPS) is 10.5. The summed E-state index contributed by atoms with van der Waals surface area (Å²) in [4.78, 5) is 27.1. The monoisotopic (exact) mass is 348 g/mol. The van der Waals surface area contributed by atoms with Gasteiger partial charge in [-0.05, 0) is 41.8 Å². The van der Waals surface area contributed by atoms with Gasteiger partial charge in [-0.15, -0.1) is 0 Å². The molecule has 0 aromatic heterocycles. The molecule has 23 heavy (non-hydrogen) atoms. The van der Waals surface area contributed by atoms with Crippen molar-refractivity contribution in [2.75, 3.05) is 0 Å². The lowest BCUT2D eigenvalue weighted by Crippen LogP contribution is -1.95. The quantitative estimate of drug-likeness (QED) is 0.471. The number of hydrogen-bond acceptors (Lipinski definition) is 6. The molecular weight excluding hydrogens is 340 g/mol. The van der Waals surface area contributed by atoms with E-state index >= 15 is 0 Å². The summed E-state index contributed by atoms with van der Waals surface area (Å²) >= 11 is 0. The van der Waals surface area contributed by atoms with Crippen LogP contribution in [0.5, 0.6) is 0 Å². The number of isocyanates is 2. The number of nitrogens with zero attached hydrogens (tertiary/aromatic N) is 2. The van der Waals surface area contributed by atoms with Crippen LogP contribution in [-0.4, -0.2) is 20.6 Å². The van der Waals surface area contributed by atoms with E-state index in [0.29, 0.717) is 17.7 Å². The Morgan fingerprint density at radius 1 is 0.913 bits per heavy atom. The van der Waals surface area contributed by atoms with Gasteiger partial charge in [-0.25, -0.2) is 18.0 Å². The number of rotatable bonds is 5. The number of benzene rings is 2. The molecule has 2 aromatic rings. The van der Waals surface area contributed by atoms with Crippen molar-refractivity contribution in [2.24, 2.45) is 9.98 Å². The van der Waals surface area contributed by atoms with Gasteiger partial charge in [0.25, 0.3) is 9.05 Å². The Morgan fingerprint density at radius 3 is 2.09 bits per heavy atom. The Morgan fingerprint density at radius 2 is 1.52 bits per heavy atom. The Labute approximate surface area is 136 Å². The maximum absolute atomic E-state index is 11.6. The first-order chi connectivity index (χ1) is 10.9. The summed E-state index contributed by atoms with van der Waals surface area (Å²) in [5.41, 5.74) is 1.96. The van der Waals surface area contributed by atoms with E-state index in [1.54, 1.807) is 30.3 Å². The number of aliphatic imine (C=N–C) groups is 2.